The molecule has 0 fully saturated rings. The molecule has 6 heteroatoms. The molecule has 24 heavy (non-hydrogen) atoms. The molecule has 0 radical (unpaired) electrons. The van der Waals surface area contributed by atoms with Gasteiger partial charge < -0.3 is 25.1 Å². The SMILES string of the molecule is Cc1ccc(C(C)(O)CNC(=O)Nc2ccc(N(C)C)c(C)c2)o1. The van der Waals surface area contributed by atoms with Crippen molar-refractivity contribution >= 4 is 17.4 Å². The number of nitrogens with one attached hydrogen (secondary N) is 2. The highest BCUT2D eigenvalue weighted by molar-refractivity contribution is 5.89. The molecule has 2 amide bonds. The number of carbonyl (C=O) groups excluding carboxylic acids is 1. The van der Waals surface area contributed by atoms with Crippen molar-refractivity contribution in [3.8, 4) is 0 Å². The summed E-state index contributed by atoms with van der Waals surface area (Å²) in [5.41, 5.74) is 1.59. The van der Waals surface area contributed by atoms with Gasteiger partial charge in [-0.1, -0.05) is 0 Å². The van der Waals surface area contributed by atoms with Crippen LogP contribution in [0.2, 0.25) is 0 Å². The molecule has 0 aliphatic carbocycles. The first kappa shape index (κ1) is 17.9. The second-order valence-corrected chi connectivity index (χ2v) is 6.39. The summed E-state index contributed by atoms with van der Waals surface area (Å²) in [5, 5.41) is 15.8. The zero-order chi connectivity index (χ0) is 17.9. The van der Waals surface area contributed by atoms with E-state index in [1.807, 2.05) is 44.1 Å². The molecule has 0 bridgehead atoms. The van der Waals surface area contributed by atoms with Crippen LogP contribution >= 0.6 is 0 Å². The van der Waals surface area contributed by atoms with Gasteiger partial charge in [0.1, 0.15) is 17.1 Å². The zero-order valence-corrected chi connectivity index (χ0v) is 14.8. The lowest BCUT2D eigenvalue weighted by molar-refractivity contribution is 0.0364. The minimum absolute atomic E-state index is 0.0422. The van der Waals surface area contributed by atoms with Crippen LogP contribution in [0.1, 0.15) is 24.0 Å². The molecule has 3 N–H and O–H groups in total. The van der Waals surface area contributed by atoms with E-state index in [0.717, 1.165) is 11.3 Å². The predicted octanol–water partition coefficient (Wildman–Crippen LogP) is 2.99. The molecule has 2 rings (SSSR count). The summed E-state index contributed by atoms with van der Waals surface area (Å²) in [6.07, 6.45) is 0. The fourth-order valence-corrected chi connectivity index (χ4v) is 2.47. The van der Waals surface area contributed by atoms with Gasteiger partial charge in [0.25, 0.3) is 0 Å². The van der Waals surface area contributed by atoms with Crippen LogP contribution in [0.4, 0.5) is 16.2 Å². The number of rotatable bonds is 5. The van der Waals surface area contributed by atoms with Crippen molar-refractivity contribution in [1.29, 1.82) is 0 Å². The molecule has 0 aliphatic heterocycles. The van der Waals surface area contributed by atoms with Gasteiger partial charge in [0.05, 0.1) is 6.54 Å². The third kappa shape index (κ3) is 4.29. The monoisotopic (exact) mass is 331 g/mol. The zero-order valence-electron chi connectivity index (χ0n) is 14.8. The lowest BCUT2D eigenvalue weighted by Crippen LogP contribution is -2.40. The van der Waals surface area contributed by atoms with Crippen LogP contribution in [0.15, 0.2) is 34.7 Å². The van der Waals surface area contributed by atoms with Crippen LogP contribution in [-0.2, 0) is 5.60 Å². The number of nitrogens with zero attached hydrogens (tertiary/aromatic N) is 1. The fourth-order valence-electron chi connectivity index (χ4n) is 2.47. The van der Waals surface area contributed by atoms with Gasteiger partial charge in [-0.05, 0) is 56.7 Å². The average Bonchev–Trinajstić information content (AvgIpc) is 2.92. The van der Waals surface area contributed by atoms with Crippen molar-refractivity contribution in [2.75, 3.05) is 30.9 Å². The quantitative estimate of drug-likeness (QED) is 0.787. The molecule has 1 aromatic carbocycles. The van der Waals surface area contributed by atoms with Crippen LogP contribution < -0.4 is 15.5 Å². The van der Waals surface area contributed by atoms with Crippen LogP contribution in [0.5, 0.6) is 0 Å². The molecule has 130 valence electrons. The van der Waals surface area contributed by atoms with E-state index in [2.05, 4.69) is 10.6 Å². The minimum atomic E-state index is -1.27. The van der Waals surface area contributed by atoms with Gasteiger partial charge >= 0.3 is 6.03 Å². The number of amides is 2. The molecule has 2 aromatic rings. The van der Waals surface area contributed by atoms with Gasteiger partial charge in [0, 0.05) is 25.5 Å². The first-order valence-corrected chi connectivity index (χ1v) is 7.81. The lowest BCUT2D eigenvalue weighted by atomic mass is 10.0. The number of aliphatic hydroxyl groups is 1. The number of urea groups is 1. The Kier molecular flexibility index (Phi) is 5.19. The van der Waals surface area contributed by atoms with Crippen molar-refractivity contribution in [3.05, 3.63) is 47.4 Å². The Bertz CT molecular complexity index is 720. The van der Waals surface area contributed by atoms with Crippen molar-refractivity contribution < 1.29 is 14.3 Å². The van der Waals surface area contributed by atoms with Gasteiger partial charge in [0.2, 0.25) is 0 Å². The number of benzene rings is 1. The number of hydrogen-bond donors (Lipinski definition) is 3. The first-order valence-electron chi connectivity index (χ1n) is 7.81. The predicted molar refractivity (Wildman–Crippen MR) is 95.5 cm³/mol. The van der Waals surface area contributed by atoms with E-state index in [9.17, 15) is 9.90 Å². The normalized spacial score (nSPS) is 13.2. The second kappa shape index (κ2) is 6.97. The molecule has 6 nitrogen and oxygen atoms in total. The maximum absolute atomic E-state index is 12.1. The molecular formula is C18H25N3O3. The fraction of sp³-hybridized carbons (Fsp3) is 0.389. The highest BCUT2D eigenvalue weighted by Gasteiger charge is 2.27. The van der Waals surface area contributed by atoms with Crippen molar-refractivity contribution in [2.45, 2.75) is 26.4 Å². The highest BCUT2D eigenvalue weighted by Crippen LogP contribution is 2.23. The van der Waals surface area contributed by atoms with E-state index >= 15 is 0 Å². The summed E-state index contributed by atoms with van der Waals surface area (Å²) < 4.78 is 5.42. The Hall–Kier alpha value is -2.47. The standard InChI is InChI=1S/C18H25N3O3/c1-12-10-14(7-8-15(12)21(4)5)20-17(22)19-11-18(3,23)16-9-6-13(2)24-16/h6-10,23H,11H2,1-5H3,(H2,19,20,22). The van der Waals surface area contributed by atoms with Crippen LogP contribution in [0.25, 0.3) is 0 Å². The Labute approximate surface area is 142 Å². The molecule has 0 saturated heterocycles. The summed E-state index contributed by atoms with van der Waals surface area (Å²) in [7, 11) is 3.95. The Balaban J connectivity index is 1.95. The molecule has 1 heterocycles. The second-order valence-electron chi connectivity index (χ2n) is 6.39. The average molecular weight is 331 g/mol. The van der Waals surface area contributed by atoms with Gasteiger partial charge in [-0.25, -0.2) is 4.79 Å². The van der Waals surface area contributed by atoms with Gasteiger partial charge in [-0.3, -0.25) is 0 Å². The number of furan rings is 1. The first-order chi connectivity index (χ1) is 11.2. The minimum Gasteiger partial charge on any atom is -0.463 e. The van der Waals surface area contributed by atoms with Gasteiger partial charge in [0.15, 0.2) is 0 Å². The highest BCUT2D eigenvalue weighted by atomic mass is 16.4. The number of aryl methyl sites for hydroxylation is 2. The summed E-state index contributed by atoms with van der Waals surface area (Å²) >= 11 is 0. The number of hydrogen-bond acceptors (Lipinski definition) is 4. The molecule has 0 aliphatic rings. The molecule has 0 spiro atoms. The maximum Gasteiger partial charge on any atom is 0.319 e. The van der Waals surface area contributed by atoms with E-state index < -0.39 is 5.60 Å². The van der Waals surface area contributed by atoms with Crippen LogP contribution in [0, 0.1) is 13.8 Å². The van der Waals surface area contributed by atoms with Crippen LogP contribution in [-0.4, -0.2) is 31.8 Å². The Morgan fingerprint density at radius 1 is 1.25 bits per heavy atom. The molecule has 1 aromatic heterocycles. The molecular weight excluding hydrogens is 306 g/mol. The maximum atomic E-state index is 12.1. The van der Waals surface area contributed by atoms with E-state index in [1.165, 1.54) is 0 Å². The summed E-state index contributed by atoms with van der Waals surface area (Å²) in [6.45, 7) is 5.43. The Morgan fingerprint density at radius 3 is 2.50 bits per heavy atom. The van der Waals surface area contributed by atoms with Crippen LogP contribution in [0.3, 0.4) is 0 Å². The van der Waals surface area contributed by atoms with E-state index in [-0.39, 0.29) is 12.6 Å². The molecule has 0 saturated carbocycles. The third-order valence-electron chi connectivity index (χ3n) is 3.80. The van der Waals surface area contributed by atoms with Crippen molar-refractivity contribution in [1.82, 2.24) is 5.32 Å². The summed E-state index contributed by atoms with van der Waals surface area (Å²) in [6, 6.07) is 8.80. The Morgan fingerprint density at radius 2 is 1.96 bits per heavy atom. The topological polar surface area (TPSA) is 77.7 Å². The van der Waals surface area contributed by atoms with E-state index in [4.69, 9.17) is 4.42 Å². The molecule has 1 atom stereocenters. The smallest absolute Gasteiger partial charge is 0.319 e. The van der Waals surface area contributed by atoms with E-state index in [1.54, 1.807) is 26.0 Å². The molecule has 1 unspecified atom stereocenters. The summed E-state index contributed by atoms with van der Waals surface area (Å²) in [5.74, 6) is 1.14. The number of carbonyl (C=O) groups is 1. The van der Waals surface area contributed by atoms with Gasteiger partial charge in [-0.15, -0.1) is 0 Å². The largest absolute Gasteiger partial charge is 0.463 e. The summed E-state index contributed by atoms with van der Waals surface area (Å²) in [4.78, 5) is 14.1. The lowest BCUT2D eigenvalue weighted by Gasteiger charge is -2.21. The third-order valence-corrected chi connectivity index (χ3v) is 3.80. The van der Waals surface area contributed by atoms with Crippen molar-refractivity contribution in [3.63, 3.8) is 0 Å². The van der Waals surface area contributed by atoms with Gasteiger partial charge in [-0.2, -0.15) is 0 Å². The van der Waals surface area contributed by atoms with Crippen molar-refractivity contribution in [2.24, 2.45) is 0 Å². The van der Waals surface area contributed by atoms with E-state index in [0.29, 0.717) is 17.2 Å². The number of anilines is 2.